The number of fused-ring (bicyclic) bond motifs is 1. The van der Waals surface area contributed by atoms with Gasteiger partial charge in [-0.15, -0.1) is 0 Å². The highest BCUT2D eigenvalue weighted by atomic mass is 16.2. The lowest BCUT2D eigenvalue weighted by atomic mass is 10.1. The summed E-state index contributed by atoms with van der Waals surface area (Å²) < 4.78 is 0. The zero-order chi connectivity index (χ0) is 15.4. The molecule has 0 aromatic heterocycles. The second-order valence-electron chi connectivity index (χ2n) is 5.28. The van der Waals surface area contributed by atoms with E-state index >= 15 is 0 Å². The van der Waals surface area contributed by atoms with Crippen molar-refractivity contribution < 1.29 is 4.79 Å². The third kappa shape index (κ3) is 3.26. The minimum Gasteiger partial charge on any atom is -0.374 e. The number of carbonyl (C=O) groups is 1. The Balaban J connectivity index is 1.69. The van der Waals surface area contributed by atoms with E-state index in [1.807, 2.05) is 73.7 Å². The predicted molar refractivity (Wildman–Crippen MR) is 92.1 cm³/mol. The van der Waals surface area contributed by atoms with Crippen molar-refractivity contribution in [2.45, 2.75) is 13.0 Å². The van der Waals surface area contributed by atoms with Crippen LogP contribution in [0.3, 0.4) is 0 Å². The monoisotopic (exact) mass is 290 g/mol. The molecular weight excluding hydrogens is 272 g/mol. The minimum atomic E-state index is -0.311. The SMILES string of the molecule is C[C@H](Nc1ccccc1)C(=O)Nc1ccc2ccccc2c1. The van der Waals surface area contributed by atoms with Gasteiger partial charge in [-0.2, -0.15) is 0 Å². The van der Waals surface area contributed by atoms with E-state index in [9.17, 15) is 4.79 Å². The van der Waals surface area contributed by atoms with Crippen molar-refractivity contribution in [2.24, 2.45) is 0 Å². The summed E-state index contributed by atoms with van der Waals surface area (Å²) in [6.07, 6.45) is 0. The molecule has 3 aromatic rings. The van der Waals surface area contributed by atoms with Crippen LogP contribution in [0, 0.1) is 0 Å². The summed E-state index contributed by atoms with van der Waals surface area (Å²) >= 11 is 0. The van der Waals surface area contributed by atoms with E-state index in [-0.39, 0.29) is 11.9 Å². The Kier molecular flexibility index (Phi) is 4.05. The van der Waals surface area contributed by atoms with Crippen LogP contribution >= 0.6 is 0 Å². The van der Waals surface area contributed by atoms with E-state index in [2.05, 4.69) is 16.7 Å². The van der Waals surface area contributed by atoms with Gasteiger partial charge in [-0.05, 0) is 42.0 Å². The molecule has 22 heavy (non-hydrogen) atoms. The fourth-order valence-electron chi connectivity index (χ4n) is 2.37. The molecule has 0 bridgehead atoms. The third-order valence-corrected chi connectivity index (χ3v) is 3.57. The molecule has 3 aromatic carbocycles. The standard InChI is InChI=1S/C19H18N2O/c1-14(20-17-9-3-2-4-10-17)19(22)21-18-12-11-15-7-5-6-8-16(15)13-18/h2-14,20H,1H3,(H,21,22)/t14-/m0/s1. The maximum absolute atomic E-state index is 12.3. The summed E-state index contributed by atoms with van der Waals surface area (Å²) in [6.45, 7) is 1.85. The Hall–Kier alpha value is -2.81. The van der Waals surface area contributed by atoms with Crippen LogP contribution in [0.5, 0.6) is 0 Å². The fraction of sp³-hybridized carbons (Fsp3) is 0.105. The fourth-order valence-corrected chi connectivity index (χ4v) is 2.37. The zero-order valence-corrected chi connectivity index (χ0v) is 12.4. The van der Waals surface area contributed by atoms with E-state index in [4.69, 9.17) is 0 Å². The molecule has 0 heterocycles. The molecule has 3 nitrogen and oxygen atoms in total. The molecule has 0 saturated heterocycles. The minimum absolute atomic E-state index is 0.0564. The van der Waals surface area contributed by atoms with Gasteiger partial charge in [-0.25, -0.2) is 0 Å². The summed E-state index contributed by atoms with van der Waals surface area (Å²) in [5.41, 5.74) is 1.74. The van der Waals surface area contributed by atoms with Gasteiger partial charge in [0.1, 0.15) is 6.04 Å². The number of hydrogen-bond donors (Lipinski definition) is 2. The second-order valence-corrected chi connectivity index (χ2v) is 5.28. The van der Waals surface area contributed by atoms with Crippen molar-refractivity contribution >= 4 is 28.1 Å². The number of benzene rings is 3. The summed E-state index contributed by atoms with van der Waals surface area (Å²) in [5, 5.41) is 8.42. The van der Waals surface area contributed by atoms with Gasteiger partial charge in [-0.3, -0.25) is 4.79 Å². The molecule has 0 radical (unpaired) electrons. The van der Waals surface area contributed by atoms with Crippen LogP contribution in [-0.4, -0.2) is 11.9 Å². The lowest BCUT2D eigenvalue weighted by Crippen LogP contribution is -2.31. The van der Waals surface area contributed by atoms with Crippen molar-refractivity contribution in [1.82, 2.24) is 0 Å². The maximum atomic E-state index is 12.3. The predicted octanol–water partition coefficient (Wildman–Crippen LogP) is 4.28. The van der Waals surface area contributed by atoms with Crippen LogP contribution in [0.25, 0.3) is 10.8 Å². The molecule has 3 heteroatoms. The Morgan fingerprint density at radius 3 is 2.27 bits per heavy atom. The van der Waals surface area contributed by atoms with Gasteiger partial charge in [0.2, 0.25) is 5.91 Å². The Bertz CT molecular complexity index is 784. The van der Waals surface area contributed by atoms with Crippen LogP contribution in [0.2, 0.25) is 0 Å². The number of anilines is 2. The first-order chi connectivity index (χ1) is 10.7. The van der Waals surface area contributed by atoms with Gasteiger partial charge in [0, 0.05) is 11.4 Å². The average molecular weight is 290 g/mol. The largest absolute Gasteiger partial charge is 0.374 e. The summed E-state index contributed by atoms with van der Waals surface area (Å²) in [5.74, 6) is -0.0564. The molecule has 3 rings (SSSR count). The molecule has 0 aliphatic carbocycles. The normalized spacial score (nSPS) is 11.9. The number of hydrogen-bond acceptors (Lipinski definition) is 2. The maximum Gasteiger partial charge on any atom is 0.246 e. The first-order valence-corrected chi connectivity index (χ1v) is 7.33. The molecule has 0 saturated carbocycles. The van der Waals surface area contributed by atoms with Crippen LogP contribution in [0.1, 0.15) is 6.92 Å². The van der Waals surface area contributed by atoms with Gasteiger partial charge in [0.25, 0.3) is 0 Å². The molecule has 0 spiro atoms. The van der Waals surface area contributed by atoms with E-state index in [1.165, 1.54) is 0 Å². The van der Waals surface area contributed by atoms with Gasteiger partial charge in [-0.1, -0.05) is 48.5 Å². The van der Waals surface area contributed by atoms with Gasteiger partial charge < -0.3 is 10.6 Å². The summed E-state index contributed by atoms with van der Waals surface area (Å²) in [6, 6.07) is 23.4. The Labute approximate surface area is 130 Å². The molecule has 110 valence electrons. The number of para-hydroxylation sites is 1. The third-order valence-electron chi connectivity index (χ3n) is 3.57. The number of carbonyl (C=O) groups excluding carboxylic acids is 1. The Morgan fingerprint density at radius 2 is 1.50 bits per heavy atom. The van der Waals surface area contributed by atoms with Crippen molar-refractivity contribution in [3.05, 3.63) is 72.8 Å². The number of nitrogens with one attached hydrogen (secondary N) is 2. The average Bonchev–Trinajstić information content (AvgIpc) is 2.55. The van der Waals surface area contributed by atoms with E-state index in [0.717, 1.165) is 22.1 Å². The quantitative estimate of drug-likeness (QED) is 0.753. The summed E-state index contributed by atoms with van der Waals surface area (Å²) in [7, 11) is 0. The van der Waals surface area contributed by atoms with Gasteiger partial charge in [0.05, 0.1) is 0 Å². The zero-order valence-electron chi connectivity index (χ0n) is 12.4. The van der Waals surface area contributed by atoms with Crippen LogP contribution in [0.4, 0.5) is 11.4 Å². The Morgan fingerprint density at radius 1 is 0.818 bits per heavy atom. The molecule has 2 N–H and O–H groups in total. The molecule has 1 atom stereocenters. The lowest BCUT2D eigenvalue weighted by molar-refractivity contribution is -0.116. The second kappa shape index (κ2) is 6.31. The lowest BCUT2D eigenvalue weighted by Gasteiger charge is -2.15. The van der Waals surface area contributed by atoms with Crippen LogP contribution in [0.15, 0.2) is 72.8 Å². The van der Waals surface area contributed by atoms with Gasteiger partial charge in [0.15, 0.2) is 0 Å². The van der Waals surface area contributed by atoms with Crippen molar-refractivity contribution in [3.8, 4) is 0 Å². The first kappa shape index (κ1) is 14.1. The van der Waals surface area contributed by atoms with E-state index in [1.54, 1.807) is 0 Å². The van der Waals surface area contributed by atoms with Crippen molar-refractivity contribution in [1.29, 1.82) is 0 Å². The van der Waals surface area contributed by atoms with E-state index in [0.29, 0.717) is 0 Å². The first-order valence-electron chi connectivity index (χ1n) is 7.33. The molecule has 0 aliphatic heterocycles. The molecular formula is C19H18N2O. The highest BCUT2D eigenvalue weighted by Gasteiger charge is 2.12. The highest BCUT2D eigenvalue weighted by molar-refractivity contribution is 5.98. The van der Waals surface area contributed by atoms with Crippen molar-refractivity contribution in [2.75, 3.05) is 10.6 Å². The summed E-state index contributed by atoms with van der Waals surface area (Å²) in [4.78, 5) is 12.3. The van der Waals surface area contributed by atoms with Crippen molar-refractivity contribution in [3.63, 3.8) is 0 Å². The number of amides is 1. The van der Waals surface area contributed by atoms with E-state index < -0.39 is 0 Å². The molecule has 0 aliphatic rings. The highest BCUT2D eigenvalue weighted by Crippen LogP contribution is 2.19. The molecule has 0 unspecified atom stereocenters. The molecule has 1 amide bonds. The molecule has 0 fully saturated rings. The van der Waals surface area contributed by atoms with Gasteiger partial charge >= 0.3 is 0 Å². The van der Waals surface area contributed by atoms with Crippen LogP contribution < -0.4 is 10.6 Å². The van der Waals surface area contributed by atoms with Crippen LogP contribution in [-0.2, 0) is 4.79 Å². The topological polar surface area (TPSA) is 41.1 Å². The number of rotatable bonds is 4. The smallest absolute Gasteiger partial charge is 0.246 e.